The summed E-state index contributed by atoms with van der Waals surface area (Å²) < 4.78 is 1.73. The SMILES string of the molecule is Cc1sc2nc(SCC(=O)c3cccs3)n(CC(C)C)c(=O)c2c1C. The summed E-state index contributed by atoms with van der Waals surface area (Å²) in [5.41, 5.74) is 1.02. The van der Waals surface area contributed by atoms with Gasteiger partial charge in [0, 0.05) is 11.4 Å². The molecule has 25 heavy (non-hydrogen) atoms. The van der Waals surface area contributed by atoms with Crippen LogP contribution in [0.1, 0.15) is 34.0 Å². The molecule has 0 saturated carbocycles. The Labute approximate surface area is 158 Å². The molecule has 0 spiro atoms. The second-order valence-corrected chi connectivity index (χ2v) is 9.45. The van der Waals surface area contributed by atoms with Gasteiger partial charge in [-0.25, -0.2) is 4.98 Å². The molecule has 0 N–H and O–H groups in total. The van der Waals surface area contributed by atoms with Crippen molar-refractivity contribution in [3.8, 4) is 0 Å². The van der Waals surface area contributed by atoms with Gasteiger partial charge < -0.3 is 0 Å². The van der Waals surface area contributed by atoms with Crippen LogP contribution in [-0.2, 0) is 6.54 Å². The van der Waals surface area contributed by atoms with Gasteiger partial charge in [0.15, 0.2) is 10.9 Å². The van der Waals surface area contributed by atoms with Gasteiger partial charge in [0.05, 0.1) is 16.0 Å². The van der Waals surface area contributed by atoms with Gasteiger partial charge in [0.1, 0.15) is 4.83 Å². The molecule has 0 unspecified atom stereocenters. The summed E-state index contributed by atoms with van der Waals surface area (Å²) in [5.74, 6) is 0.688. The van der Waals surface area contributed by atoms with E-state index in [-0.39, 0.29) is 11.3 Å². The largest absolute Gasteiger partial charge is 0.292 e. The Balaban J connectivity index is 2.00. The molecule has 3 aromatic heterocycles. The number of carbonyl (C=O) groups excluding carboxylic acids is 1. The number of hydrogen-bond acceptors (Lipinski definition) is 6. The summed E-state index contributed by atoms with van der Waals surface area (Å²) in [6.45, 7) is 8.75. The first-order valence-corrected chi connectivity index (χ1v) is 10.8. The van der Waals surface area contributed by atoms with Gasteiger partial charge >= 0.3 is 0 Å². The Morgan fingerprint density at radius 1 is 1.36 bits per heavy atom. The summed E-state index contributed by atoms with van der Waals surface area (Å²) in [5, 5.41) is 3.25. The third-order valence-electron chi connectivity index (χ3n) is 3.93. The lowest BCUT2D eigenvalue weighted by molar-refractivity contribution is 0.102. The van der Waals surface area contributed by atoms with Crippen LogP contribution < -0.4 is 5.56 Å². The smallest absolute Gasteiger partial charge is 0.263 e. The van der Waals surface area contributed by atoms with Crippen LogP contribution in [0.15, 0.2) is 27.5 Å². The molecule has 0 amide bonds. The molecule has 0 bridgehead atoms. The number of thiophene rings is 2. The van der Waals surface area contributed by atoms with E-state index < -0.39 is 0 Å². The Hall–Kier alpha value is -1.44. The Morgan fingerprint density at radius 2 is 2.12 bits per heavy atom. The number of carbonyl (C=O) groups is 1. The lowest BCUT2D eigenvalue weighted by atomic mass is 10.2. The van der Waals surface area contributed by atoms with Gasteiger partial charge in [0.2, 0.25) is 0 Å². The molecule has 0 aliphatic rings. The zero-order valence-corrected chi connectivity index (χ0v) is 17.1. The normalized spacial score (nSPS) is 11.6. The molecule has 3 heterocycles. The third kappa shape index (κ3) is 3.73. The van der Waals surface area contributed by atoms with Crippen LogP contribution in [0.3, 0.4) is 0 Å². The maximum atomic E-state index is 13.0. The van der Waals surface area contributed by atoms with Crippen molar-refractivity contribution in [2.24, 2.45) is 5.92 Å². The van der Waals surface area contributed by atoms with Crippen molar-refractivity contribution >= 4 is 50.4 Å². The summed E-state index contributed by atoms with van der Waals surface area (Å²) in [7, 11) is 0. The van der Waals surface area contributed by atoms with Crippen molar-refractivity contribution in [1.29, 1.82) is 0 Å². The molecule has 0 aliphatic carbocycles. The van der Waals surface area contributed by atoms with E-state index in [4.69, 9.17) is 4.98 Å². The van der Waals surface area contributed by atoms with Crippen molar-refractivity contribution in [3.05, 3.63) is 43.2 Å². The molecule has 0 fully saturated rings. The zero-order chi connectivity index (χ0) is 18.1. The summed E-state index contributed by atoms with van der Waals surface area (Å²) in [6, 6.07) is 3.70. The second kappa shape index (κ2) is 7.43. The number of nitrogens with zero attached hydrogens (tertiary/aromatic N) is 2. The van der Waals surface area contributed by atoms with Crippen LogP contribution in [0, 0.1) is 19.8 Å². The van der Waals surface area contributed by atoms with E-state index in [1.165, 1.54) is 23.1 Å². The van der Waals surface area contributed by atoms with E-state index >= 15 is 0 Å². The minimum atomic E-state index is 0.00613. The van der Waals surface area contributed by atoms with Crippen LogP contribution in [0.5, 0.6) is 0 Å². The maximum absolute atomic E-state index is 13.0. The average molecular weight is 393 g/mol. The predicted octanol–water partition coefficient (Wildman–Crippen LogP) is 4.77. The summed E-state index contributed by atoms with van der Waals surface area (Å²) in [4.78, 5) is 32.7. The van der Waals surface area contributed by atoms with Crippen LogP contribution >= 0.6 is 34.4 Å². The highest BCUT2D eigenvalue weighted by Gasteiger charge is 2.18. The van der Waals surface area contributed by atoms with Gasteiger partial charge in [-0.15, -0.1) is 22.7 Å². The number of rotatable bonds is 6. The highest BCUT2D eigenvalue weighted by atomic mass is 32.2. The predicted molar refractivity (Wildman–Crippen MR) is 108 cm³/mol. The van der Waals surface area contributed by atoms with Gasteiger partial charge in [-0.2, -0.15) is 0 Å². The summed E-state index contributed by atoms with van der Waals surface area (Å²) >= 11 is 4.34. The number of hydrogen-bond donors (Lipinski definition) is 0. The Kier molecular flexibility index (Phi) is 5.46. The summed E-state index contributed by atoms with van der Waals surface area (Å²) in [6.07, 6.45) is 0. The van der Waals surface area contributed by atoms with Gasteiger partial charge in [0.25, 0.3) is 5.56 Å². The lowest BCUT2D eigenvalue weighted by Crippen LogP contribution is -2.25. The van der Waals surface area contributed by atoms with Crippen LogP contribution in [0.2, 0.25) is 0 Å². The van der Waals surface area contributed by atoms with Crippen LogP contribution in [0.25, 0.3) is 10.2 Å². The molecular formula is C18H20N2O2S3. The molecule has 0 saturated heterocycles. The highest BCUT2D eigenvalue weighted by Crippen LogP contribution is 2.29. The first kappa shape index (κ1) is 18.4. The number of fused-ring (bicyclic) bond motifs is 1. The van der Waals surface area contributed by atoms with E-state index in [2.05, 4.69) is 13.8 Å². The number of aromatic nitrogens is 2. The lowest BCUT2D eigenvalue weighted by Gasteiger charge is -2.13. The number of thioether (sulfide) groups is 1. The zero-order valence-electron chi connectivity index (χ0n) is 14.7. The van der Waals surface area contributed by atoms with Gasteiger partial charge in [-0.1, -0.05) is 31.7 Å². The second-order valence-electron chi connectivity index (χ2n) is 6.36. The van der Waals surface area contributed by atoms with E-state index in [1.54, 1.807) is 15.9 Å². The molecule has 0 radical (unpaired) electrons. The highest BCUT2D eigenvalue weighted by molar-refractivity contribution is 7.99. The van der Waals surface area contributed by atoms with E-state index in [1.807, 2.05) is 31.4 Å². The molecule has 132 valence electrons. The van der Waals surface area contributed by atoms with Gasteiger partial charge in [-0.05, 0) is 36.8 Å². The fourth-order valence-electron chi connectivity index (χ4n) is 2.58. The molecule has 7 heteroatoms. The fourth-order valence-corrected chi connectivity index (χ4v) is 5.30. The minimum Gasteiger partial charge on any atom is -0.292 e. The van der Waals surface area contributed by atoms with Crippen molar-refractivity contribution in [1.82, 2.24) is 9.55 Å². The maximum Gasteiger partial charge on any atom is 0.263 e. The fraction of sp³-hybridized carbons (Fsp3) is 0.389. The monoisotopic (exact) mass is 392 g/mol. The molecule has 4 nitrogen and oxygen atoms in total. The van der Waals surface area contributed by atoms with E-state index in [9.17, 15) is 9.59 Å². The molecule has 3 aromatic rings. The Morgan fingerprint density at radius 3 is 2.76 bits per heavy atom. The molecule has 0 atom stereocenters. The quantitative estimate of drug-likeness (QED) is 0.344. The van der Waals surface area contributed by atoms with Crippen molar-refractivity contribution < 1.29 is 4.79 Å². The first-order chi connectivity index (χ1) is 11.9. The van der Waals surface area contributed by atoms with Crippen molar-refractivity contribution in [2.45, 2.75) is 39.4 Å². The van der Waals surface area contributed by atoms with Crippen LogP contribution in [-0.4, -0.2) is 21.1 Å². The first-order valence-electron chi connectivity index (χ1n) is 8.08. The van der Waals surface area contributed by atoms with E-state index in [0.29, 0.717) is 23.4 Å². The number of aryl methyl sites for hydroxylation is 2. The van der Waals surface area contributed by atoms with E-state index in [0.717, 1.165) is 25.5 Å². The standard InChI is InChI=1S/C18H20N2O2S3/c1-10(2)8-20-17(22)15-11(3)12(4)25-16(15)19-18(20)24-9-13(21)14-6-5-7-23-14/h5-7,10H,8-9H2,1-4H3. The Bertz CT molecular complexity index is 969. The van der Waals surface area contributed by atoms with Crippen LogP contribution in [0.4, 0.5) is 0 Å². The minimum absolute atomic E-state index is 0.00613. The van der Waals surface area contributed by atoms with Crippen molar-refractivity contribution in [3.63, 3.8) is 0 Å². The number of Topliss-reactive ketones (excluding diaryl/α,β-unsaturated/α-hetero) is 1. The average Bonchev–Trinajstić information content (AvgIpc) is 3.17. The molecule has 0 aromatic carbocycles. The molecule has 3 rings (SSSR count). The third-order valence-corrected chi connectivity index (χ3v) is 6.92. The van der Waals surface area contributed by atoms with Gasteiger partial charge in [-0.3, -0.25) is 14.2 Å². The molecule has 0 aliphatic heterocycles. The number of ketones is 1. The van der Waals surface area contributed by atoms with Crippen molar-refractivity contribution in [2.75, 3.05) is 5.75 Å². The topological polar surface area (TPSA) is 52.0 Å². The molecular weight excluding hydrogens is 372 g/mol.